The summed E-state index contributed by atoms with van der Waals surface area (Å²) in [7, 11) is -0.0981. The van der Waals surface area contributed by atoms with Crippen LogP contribution in [0.3, 0.4) is 0 Å². The summed E-state index contributed by atoms with van der Waals surface area (Å²) in [5.74, 6) is 0. The third-order valence-electron chi connectivity index (χ3n) is 4.66. The lowest BCUT2D eigenvalue weighted by molar-refractivity contribution is 0.112. The molecule has 0 aromatic carbocycles. The van der Waals surface area contributed by atoms with E-state index in [4.69, 9.17) is 32.8 Å². The lowest BCUT2D eigenvalue weighted by atomic mass is 10.5. The molecule has 0 aromatic heterocycles. The van der Waals surface area contributed by atoms with Crippen LogP contribution in [0, 0.1) is 0 Å². The van der Waals surface area contributed by atoms with Crippen LogP contribution in [0.4, 0.5) is 0 Å². The SMILES string of the molecule is CO[Si](CCOCC1CO1)(CCOCC1CO1)CCOCC1CO1. The largest absolute Gasteiger partial charge is 0.420 e. The maximum Gasteiger partial charge on any atom is 0.199 e. The maximum absolute atomic E-state index is 6.01. The minimum absolute atomic E-state index is 0.312. The summed E-state index contributed by atoms with van der Waals surface area (Å²) in [6, 6.07) is 2.88. The van der Waals surface area contributed by atoms with Crippen molar-refractivity contribution < 1.29 is 32.8 Å². The first-order valence-electron chi connectivity index (χ1n) is 8.93. The Morgan fingerprint density at radius 2 is 1.04 bits per heavy atom. The van der Waals surface area contributed by atoms with Crippen molar-refractivity contribution in [3.05, 3.63) is 0 Å². The molecule has 3 aliphatic heterocycles. The van der Waals surface area contributed by atoms with Gasteiger partial charge in [-0.2, -0.15) is 0 Å². The van der Waals surface area contributed by atoms with Crippen molar-refractivity contribution >= 4 is 8.32 Å². The van der Waals surface area contributed by atoms with Crippen LogP contribution in [0.5, 0.6) is 0 Å². The van der Waals surface area contributed by atoms with Crippen molar-refractivity contribution in [2.24, 2.45) is 0 Å². The summed E-state index contributed by atoms with van der Waals surface area (Å²) in [5.41, 5.74) is 0. The van der Waals surface area contributed by atoms with Crippen molar-refractivity contribution in [2.45, 2.75) is 36.4 Å². The molecule has 0 amide bonds. The van der Waals surface area contributed by atoms with Crippen molar-refractivity contribution in [3.63, 3.8) is 0 Å². The van der Waals surface area contributed by atoms with Crippen LogP contribution in [-0.2, 0) is 32.8 Å². The van der Waals surface area contributed by atoms with Gasteiger partial charge >= 0.3 is 0 Å². The Kier molecular flexibility index (Phi) is 7.48. The van der Waals surface area contributed by atoms with Gasteiger partial charge in [0.05, 0.1) is 39.6 Å². The van der Waals surface area contributed by atoms with Gasteiger partial charge in [0, 0.05) is 26.9 Å². The van der Waals surface area contributed by atoms with Crippen molar-refractivity contribution in [1.29, 1.82) is 0 Å². The minimum atomic E-state index is -1.92. The predicted molar refractivity (Wildman–Crippen MR) is 88.9 cm³/mol. The van der Waals surface area contributed by atoms with Crippen LogP contribution >= 0.6 is 0 Å². The van der Waals surface area contributed by atoms with Gasteiger partial charge in [-0.3, -0.25) is 0 Å². The highest BCUT2D eigenvalue weighted by Crippen LogP contribution is 2.24. The van der Waals surface area contributed by atoms with Crippen LogP contribution in [0.1, 0.15) is 0 Å². The third-order valence-corrected chi connectivity index (χ3v) is 8.87. The Balaban J connectivity index is 1.35. The zero-order chi connectivity index (χ0) is 16.7. The second-order valence-corrected chi connectivity index (χ2v) is 11.0. The molecule has 3 aliphatic rings. The standard InChI is InChI=1S/C16H30O7Si/c1-17-24(5-2-18-8-14-11-21-14,6-3-19-9-15-12-22-15)7-4-20-10-16-13-23-16/h14-16H,2-13H2,1H3. The molecule has 0 spiro atoms. The summed E-state index contributed by atoms with van der Waals surface area (Å²) in [6.07, 6.45) is 0.937. The number of hydrogen-bond acceptors (Lipinski definition) is 7. The van der Waals surface area contributed by atoms with Crippen LogP contribution in [0.25, 0.3) is 0 Å². The molecule has 3 rings (SSSR count). The van der Waals surface area contributed by atoms with E-state index >= 15 is 0 Å². The molecular formula is C16H30O7Si. The first-order chi connectivity index (χ1) is 11.8. The Hall–Kier alpha value is -0.0631. The summed E-state index contributed by atoms with van der Waals surface area (Å²) in [4.78, 5) is 0. The van der Waals surface area contributed by atoms with E-state index in [0.717, 1.165) is 57.8 Å². The van der Waals surface area contributed by atoms with Crippen molar-refractivity contribution in [1.82, 2.24) is 0 Å². The first kappa shape index (κ1) is 18.7. The van der Waals surface area contributed by atoms with Gasteiger partial charge in [0.2, 0.25) is 0 Å². The minimum Gasteiger partial charge on any atom is -0.420 e. The lowest BCUT2D eigenvalue weighted by Crippen LogP contribution is -2.41. The van der Waals surface area contributed by atoms with Gasteiger partial charge in [0.1, 0.15) is 18.3 Å². The Morgan fingerprint density at radius 3 is 1.29 bits per heavy atom. The fourth-order valence-corrected chi connectivity index (χ4v) is 5.50. The summed E-state index contributed by atoms with van der Waals surface area (Å²) in [5, 5.41) is 0. The predicted octanol–water partition coefficient (Wildman–Crippen LogP) is 0.825. The van der Waals surface area contributed by atoms with E-state index in [-0.39, 0.29) is 0 Å². The van der Waals surface area contributed by atoms with E-state index in [1.165, 1.54) is 0 Å². The molecule has 0 radical (unpaired) electrons. The molecule has 3 fully saturated rings. The molecule has 0 bridgehead atoms. The molecule has 7 nitrogen and oxygen atoms in total. The van der Waals surface area contributed by atoms with Gasteiger partial charge in [-0.1, -0.05) is 0 Å². The van der Waals surface area contributed by atoms with Crippen LogP contribution in [0.2, 0.25) is 18.1 Å². The molecule has 0 aromatic rings. The van der Waals surface area contributed by atoms with Crippen LogP contribution in [0.15, 0.2) is 0 Å². The fraction of sp³-hybridized carbons (Fsp3) is 1.00. The molecule has 3 unspecified atom stereocenters. The Bertz CT molecular complexity index is 308. The summed E-state index contributed by atoms with van der Waals surface area (Å²) in [6.45, 7) is 6.74. The highest BCUT2D eigenvalue weighted by atomic mass is 28.4. The maximum atomic E-state index is 6.01. The second-order valence-electron chi connectivity index (χ2n) is 6.73. The van der Waals surface area contributed by atoms with E-state index in [2.05, 4.69) is 0 Å². The van der Waals surface area contributed by atoms with E-state index in [1.54, 1.807) is 0 Å². The zero-order valence-electron chi connectivity index (χ0n) is 14.6. The summed E-state index contributed by atoms with van der Waals surface area (Å²) >= 11 is 0. The topological polar surface area (TPSA) is 74.5 Å². The molecule has 8 heteroatoms. The van der Waals surface area contributed by atoms with E-state index in [0.29, 0.717) is 38.1 Å². The second kappa shape index (κ2) is 9.58. The molecule has 3 atom stereocenters. The third kappa shape index (κ3) is 7.45. The van der Waals surface area contributed by atoms with Gasteiger partial charge in [-0.05, 0) is 18.1 Å². The molecule has 3 saturated heterocycles. The molecule has 0 aliphatic carbocycles. The van der Waals surface area contributed by atoms with Crippen LogP contribution in [-0.4, -0.2) is 93.2 Å². The van der Waals surface area contributed by atoms with Gasteiger partial charge in [0.15, 0.2) is 8.32 Å². The van der Waals surface area contributed by atoms with Crippen molar-refractivity contribution in [3.8, 4) is 0 Å². The molecule has 24 heavy (non-hydrogen) atoms. The van der Waals surface area contributed by atoms with E-state index in [9.17, 15) is 0 Å². The number of ether oxygens (including phenoxy) is 6. The van der Waals surface area contributed by atoms with E-state index in [1.807, 2.05) is 7.11 Å². The summed E-state index contributed by atoms with van der Waals surface area (Å²) < 4.78 is 38.7. The monoisotopic (exact) mass is 362 g/mol. The molecule has 3 heterocycles. The molecule has 0 saturated carbocycles. The zero-order valence-corrected chi connectivity index (χ0v) is 15.6. The quantitative estimate of drug-likeness (QED) is 0.229. The van der Waals surface area contributed by atoms with Crippen LogP contribution < -0.4 is 0 Å². The van der Waals surface area contributed by atoms with Gasteiger partial charge in [0.25, 0.3) is 0 Å². The Labute approximate surface area is 144 Å². The first-order valence-corrected chi connectivity index (χ1v) is 11.5. The molecule has 140 valence electrons. The normalized spacial score (nSPS) is 30.1. The van der Waals surface area contributed by atoms with Gasteiger partial charge in [-0.25, -0.2) is 0 Å². The van der Waals surface area contributed by atoms with Gasteiger partial charge in [-0.15, -0.1) is 0 Å². The van der Waals surface area contributed by atoms with E-state index < -0.39 is 8.32 Å². The van der Waals surface area contributed by atoms with Gasteiger partial charge < -0.3 is 32.8 Å². The number of rotatable bonds is 16. The highest BCUT2D eigenvalue weighted by molar-refractivity contribution is 6.74. The fourth-order valence-electron chi connectivity index (χ4n) is 2.59. The average Bonchev–Trinajstić information content (AvgIpc) is 3.46. The highest BCUT2D eigenvalue weighted by Gasteiger charge is 2.34. The Morgan fingerprint density at radius 1 is 0.708 bits per heavy atom. The molecular weight excluding hydrogens is 332 g/mol. The number of hydrogen-bond donors (Lipinski definition) is 0. The lowest BCUT2D eigenvalue weighted by Gasteiger charge is -2.29. The average molecular weight is 362 g/mol. The van der Waals surface area contributed by atoms with Crippen molar-refractivity contribution in [2.75, 3.05) is 66.6 Å². The molecule has 0 N–H and O–H groups in total. The number of epoxide rings is 3. The smallest absolute Gasteiger partial charge is 0.199 e.